The summed E-state index contributed by atoms with van der Waals surface area (Å²) in [4.78, 5) is 8.83. The van der Waals surface area contributed by atoms with Crippen molar-refractivity contribution in [2.75, 3.05) is 49.0 Å². The minimum absolute atomic E-state index is 0.0464. The zero-order chi connectivity index (χ0) is 20.4. The van der Waals surface area contributed by atoms with Gasteiger partial charge in [0.05, 0.1) is 18.9 Å². The van der Waals surface area contributed by atoms with Crippen molar-refractivity contribution in [2.45, 2.75) is 17.4 Å². The molecule has 1 aromatic carbocycles. The molecule has 2 aliphatic heterocycles. The van der Waals surface area contributed by atoms with Crippen LogP contribution in [0, 0.1) is 11.6 Å². The number of halogens is 2. The third kappa shape index (κ3) is 4.49. The summed E-state index contributed by atoms with van der Waals surface area (Å²) < 4.78 is 58.9. The first-order valence-electron chi connectivity index (χ1n) is 9.43. The number of aromatic nitrogens is 1. The first kappa shape index (κ1) is 20.0. The van der Waals surface area contributed by atoms with Crippen LogP contribution in [0.2, 0.25) is 0 Å². The van der Waals surface area contributed by atoms with Gasteiger partial charge in [-0.25, -0.2) is 22.2 Å². The number of hydrogen-bond acceptors (Lipinski definition) is 6. The van der Waals surface area contributed by atoms with Gasteiger partial charge >= 0.3 is 0 Å². The summed E-state index contributed by atoms with van der Waals surface area (Å²) in [6, 6.07) is 6.40. The van der Waals surface area contributed by atoms with Crippen LogP contribution in [0.4, 0.5) is 20.3 Å². The molecule has 3 heterocycles. The van der Waals surface area contributed by atoms with E-state index in [1.54, 1.807) is 6.07 Å². The average Bonchev–Trinajstić information content (AvgIpc) is 3.22. The van der Waals surface area contributed by atoms with Crippen LogP contribution in [0.1, 0.15) is 6.42 Å². The van der Waals surface area contributed by atoms with Crippen LogP contribution in [-0.4, -0.2) is 63.7 Å². The zero-order valence-corrected chi connectivity index (χ0v) is 16.5. The van der Waals surface area contributed by atoms with Crippen molar-refractivity contribution in [3.63, 3.8) is 0 Å². The fourth-order valence-electron chi connectivity index (χ4n) is 3.68. The molecule has 29 heavy (non-hydrogen) atoms. The molecule has 2 saturated heterocycles. The number of nitrogens with zero attached hydrogens (tertiary/aromatic N) is 3. The van der Waals surface area contributed by atoms with Crippen molar-refractivity contribution >= 4 is 21.5 Å². The normalized spacial score (nSPS) is 20.8. The molecule has 1 unspecified atom stereocenters. The molecule has 10 heteroatoms. The van der Waals surface area contributed by atoms with E-state index in [1.165, 1.54) is 12.3 Å². The van der Waals surface area contributed by atoms with Crippen molar-refractivity contribution < 1.29 is 21.9 Å². The Hall–Kier alpha value is -2.30. The minimum Gasteiger partial charge on any atom is -0.379 e. The molecule has 0 saturated carbocycles. The maximum absolute atomic E-state index is 13.3. The molecule has 1 N–H and O–H groups in total. The highest BCUT2D eigenvalue weighted by Crippen LogP contribution is 2.24. The van der Waals surface area contributed by atoms with Crippen molar-refractivity contribution in [1.82, 2.24) is 9.88 Å². The van der Waals surface area contributed by atoms with Crippen LogP contribution in [0.15, 0.2) is 41.4 Å². The van der Waals surface area contributed by atoms with E-state index in [4.69, 9.17) is 4.74 Å². The van der Waals surface area contributed by atoms with Crippen LogP contribution in [0.3, 0.4) is 0 Å². The molecule has 4 rings (SSSR count). The Labute approximate surface area is 168 Å². The molecule has 1 atom stereocenters. The fraction of sp³-hybridized carbons (Fsp3) is 0.421. The van der Waals surface area contributed by atoms with Gasteiger partial charge in [-0.3, -0.25) is 9.62 Å². The number of pyridine rings is 1. The van der Waals surface area contributed by atoms with Gasteiger partial charge in [0.1, 0.15) is 10.7 Å². The van der Waals surface area contributed by atoms with Gasteiger partial charge in [0, 0.05) is 44.5 Å². The summed E-state index contributed by atoms with van der Waals surface area (Å²) in [6.07, 6.45) is 2.30. The van der Waals surface area contributed by atoms with E-state index in [1.807, 2.05) is 0 Å². The molecule has 156 valence electrons. The molecule has 0 aliphatic carbocycles. The number of hydrogen-bond donors (Lipinski definition) is 1. The Morgan fingerprint density at radius 1 is 1.07 bits per heavy atom. The standard InChI is InChI=1S/C19H22F2N4O3S/c20-17-3-1-14(11-18(17)21)23-29(26,27)16-2-4-19(22-12-16)25-6-5-15(13-25)24-7-9-28-10-8-24/h1-4,11-12,15,23H,5-10,13H2. The monoisotopic (exact) mass is 424 g/mol. The van der Waals surface area contributed by atoms with Crippen LogP contribution >= 0.6 is 0 Å². The molecular weight excluding hydrogens is 402 g/mol. The van der Waals surface area contributed by atoms with E-state index in [-0.39, 0.29) is 10.6 Å². The summed E-state index contributed by atoms with van der Waals surface area (Å²) in [5.41, 5.74) is -0.0547. The number of benzene rings is 1. The first-order valence-corrected chi connectivity index (χ1v) is 10.9. The lowest BCUT2D eigenvalue weighted by Crippen LogP contribution is -2.44. The number of nitrogens with one attached hydrogen (secondary N) is 1. The van der Waals surface area contributed by atoms with Gasteiger partial charge in [-0.1, -0.05) is 0 Å². The average molecular weight is 424 g/mol. The van der Waals surface area contributed by atoms with E-state index < -0.39 is 21.7 Å². The topological polar surface area (TPSA) is 74.8 Å². The fourth-order valence-corrected chi connectivity index (χ4v) is 4.68. The van der Waals surface area contributed by atoms with Crippen molar-refractivity contribution in [2.24, 2.45) is 0 Å². The van der Waals surface area contributed by atoms with Gasteiger partial charge in [-0.15, -0.1) is 0 Å². The Kier molecular flexibility index (Phi) is 5.66. The zero-order valence-electron chi connectivity index (χ0n) is 15.7. The Bertz CT molecular complexity index is 966. The molecule has 2 fully saturated rings. The van der Waals surface area contributed by atoms with Crippen LogP contribution in [0.5, 0.6) is 0 Å². The molecule has 0 amide bonds. The summed E-state index contributed by atoms with van der Waals surface area (Å²) in [5, 5.41) is 0. The molecule has 1 aromatic heterocycles. The second-order valence-electron chi connectivity index (χ2n) is 7.12. The summed E-state index contributed by atoms with van der Waals surface area (Å²) in [5.74, 6) is -1.45. The number of anilines is 2. The summed E-state index contributed by atoms with van der Waals surface area (Å²) >= 11 is 0. The van der Waals surface area contributed by atoms with Gasteiger partial charge < -0.3 is 9.64 Å². The molecule has 7 nitrogen and oxygen atoms in total. The third-order valence-corrected chi connectivity index (χ3v) is 6.62. The van der Waals surface area contributed by atoms with E-state index >= 15 is 0 Å². The highest BCUT2D eigenvalue weighted by molar-refractivity contribution is 7.92. The van der Waals surface area contributed by atoms with Gasteiger partial charge in [0.2, 0.25) is 0 Å². The molecule has 2 aliphatic rings. The van der Waals surface area contributed by atoms with Gasteiger partial charge in [-0.2, -0.15) is 0 Å². The van der Waals surface area contributed by atoms with E-state index in [9.17, 15) is 17.2 Å². The highest BCUT2D eigenvalue weighted by Gasteiger charge is 2.29. The van der Waals surface area contributed by atoms with Crippen LogP contribution < -0.4 is 9.62 Å². The largest absolute Gasteiger partial charge is 0.379 e. The van der Waals surface area contributed by atoms with Crippen molar-refractivity contribution in [3.8, 4) is 0 Å². The number of morpholine rings is 1. The van der Waals surface area contributed by atoms with Crippen molar-refractivity contribution in [3.05, 3.63) is 48.2 Å². The molecule has 2 aromatic rings. The Morgan fingerprint density at radius 2 is 1.86 bits per heavy atom. The Balaban J connectivity index is 1.42. The predicted molar refractivity (Wildman–Crippen MR) is 104 cm³/mol. The predicted octanol–water partition coefficient (Wildman–Crippen LogP) is 2.07. The Morgan fingerprint density at radius 3 is 2.55 bits per heavy atom. The maximum atomic E-state index is 13.3. The second kappa shape index (κ2) is 8.21. The summed E-state index contributed by atoms with van der Waals surface area (Å²) in [6.45, 7) is 5.07. The summed E-state index contributed by atoms with van der Waals surface area (Å²) in [7, 11) is -3.95. The van der Waals surface area contributed by atoms with Crippen LogP contribution in [-0.2, 0) is 14.8 Å². The number of sulfonamides is 1. The minimum atomic E-state index is -3.95. The van der Waals surface area contributed by atoms with Crippen molar-refractivity contribution in [1.29, 1.82) is 0 Å². The molecular formula is C19H22F2N4O3S. The molecule has 0 spiro atoms. The lowest BCUT2D eigenvalue weighted by atomic mass is 10.2. The van der Waals surface area contributed by atoms with Gasteiger partial charge in [0.15, 0.2) is 11.6 Å². The highest BCUT2D eigenvalue weighted by atomic mass is 32.2. The van der Waals surface area contributed by atoms with E-state index in [0.717, 1.165) is 64.0 Å². The lowest BCUT2D eigenvalue weighted by molar-refractivity contribution is 0.0209. The van der Waals surface area contributed by atoms with Gasteiger partial charge in [-0.05, 0) is 30.7 Å². The van der Waals surface area contributed by atoms with E-state index in [2.05, 4.69) is 19.5 Å². The molecule has 0 radical (unpaired) electrons. The SMILES string of the molecule is O=S(=O)(Nc1ccc(F)c(F)c1)c1ccc(N2CCC(N3CCOCC3)C2)nc1. The maximum Gasteiger partial charge on any atom is 0.263 e. The van der Waals surface area contributed by atoms with Crippen LogP contribution in [0.25, 0.3) is 0 Å². The molecule has 0 bridgehead atoms. The lowest BCUT2D eigenvalue weighted by Gasteiger charge is -2.32. The third-order valence-electron chi connectivity index (χ3n) is 5.25. The van der Waals surface area contributed by atoms with Gasteiger partial charge in [0.25, 0.3) is 10.0 Å². The second-order valence-corrected chi connectivity index (χ2v) is 8.81. The smallest absolute Gasteiger partial charge is 0.263 e. The first-order chi connectivity index (χ1) is 13.9. The number of rotatable bonds is 5. The van der Waals surface area contributed by atoms with E-state index in [0.29, 0.717) is 11.9 Å². The number of ether oxygens (including phenoxy) is 1. The quantitative estimate of drug-likeness (QED) is 0.792.